The predicted molar refractivity (Wildman–Crippen MR) is 57.6 cm³/mol. The van der Waals surface area contributed by atoms with Crippen molar-refractivity contribution in [1.82, 2.24) is 10.2 Å². The summed E-state index contributed by atoms with van der Waals surface area (Å²) in [5, 5.41) is 7.94. The Kier molecular flexibility index (Phi) is 3.16. The second kappa shape index (κ2) is 4.57. The van der Waals surface area contributed by atoms with Crippen LogP contribution in [0.15, 0.2) is 12.1 Å². The summed E-state index contributed by atoms with van der Waals surface area (Å²) in [4.78, 5) is 0. The molecule has 1 saturated carbocycles. The van der Waals surface area contributed by atoms with Crippen LogP contribution in [-0.4, -0.2) is 22.3 Å². The van der Waals surface area contributed by atoms with E-state index in [4.69, 9.17) is 10.5 Å². The van der Waals surface area contributed by atoms with Gasteiger partial charge in [-0.15, -0.1) is 5.10 Å². The van der Waals surface area contributed by atoms with Crippen molar-refractivity contribution in [2.24, 2.45) is 5.73 Å². The summed E-state index contributed by atoms with van der Waals surface area (Å²) in [6.07, 6.45) is 4.47. The molecular formula is C11H17N3O. The van der Waals surface area contributed by atoms with Crippen molar-refractivity contribution in [2.45, 2.75) is 44.8 Å². The lowest BCUT2D eigenvalue weighted by Gasteiger charge is -2.26. The van der Waals surface area contributed by atoms with Gasteiger partial charge in [-0.1, -0.05) is 0 Å². The lowest BCUT2D eigenvalue weighted by molar-refractivity contribution is 0.137. The molecule has 1 aromatic heterocycles. The topological polar surface area (TPSA) is 61.0 Å². The Morgan fingerprint density at radius 1 is 1.33 bits per heavy atom. The fraction of sp³-hybridized carbons (Fsp3) is 0.636. The van der Waals surface area contributed by atoms with E-state index in [-0.39, 0.29) is 12.1 Å². The molecule has 1 aromatic rings. The molecule has 0 spiro atoms. The first-order valence-electron chi connectivity index (χ1n) is 5.46. The molecule has 82 valence electrons. The molecule has 0 bridgehead atoms. The lowest BCUT2D eigenvalue weighted by atomic mass is 9.94. The fourth-order valence-electron chi connectivity index (χ4n) is 1.91. The van der Waals surface area contributed by atoms with Crippen molar-refractivity contribution in [2.75, 3.05) is 0 Å². The Morgan fingerprint density at radius 2 is 2.20 bits per heavy atom. The zero-order valence-corrected chi connectivity index (χ0v) is 9.02. The fourth-order valence-corrected chi connectivity index (χ4v) is 1.91. The predicted octanol–water partition coefficient (Wildman–Crippen LogP) is 1.43. The Balaban J connectivity index is 1.93. The van der Waals surface area contributed by atoms with Crippen LogP contribution in [0.25, 0.3) is 0 Å². The van der Waals surface area contributed by atoms with Crippen molar-refractivity contribution in [1.29, 1.82) is 0 Å². The van der Waals surface area contributed by atoms with Gasteiger partial charge in [0.15, 0.2) is 0 Å². The van der Waals surface area contributed by atoms with E-state index in [1.807, 2.05) is 19.1 Å². The molecule has 0 aromatic carbocycles. The molecule has 0 amide bonds. The van der Waals surface area contributed by atoms with Crippen LogP contribution in [0.2, 0.25) is 0 Å². The highest BCUT2D eigenvalue weighted by molar-refractivity contribution is 5.10. The maximum Gasteiger partial charge on any atom is 0.233 e. The normalized spacial score (nSPS) is 26.3. The van der Waals surface area contributed by atoms with Crippen LogP contribution in [0.1, 0.15) is 31.4 Å². The molecule has 2 N–H and O–H groups in total. The van der Waals surface area contributed by atoms with Gasteiger partial charge in [-0.3, -0.25) is 0 Å². The van der Waals surface area contributed by atoms with Crippen LogP contribution in [0.3, 0.4) is 0 Å². The van der Waals surface area contributed by atoms with E-state index >= 15 is 0 Å². The highest BCUT2D eigenvalue weighted by Gasteiger charge is 2.20. The van der Waals surface area contributed by atoms with E-state index < -0.39 is 0 Å². The van der Waals surface area contributed by atoms with Gasteiger partial charge in [-0.05, 0) is 38.7 Å². The van der Waals surface area contributed by atoms with Gasteiger partial charge in [0, 0.05) is 12.1 Å². The van der Waals surface area contributed by atoms with Crippen LogP contribution >= 0.6 is 0 Å². The summed E-state index contributed by atoms with van der Waals surface area (Å²) in [7, 11) is 0. The van der Waals surface area contributed by atoms with Crippen LogP contribution in [-0.2, 0) is 0 Å². The third-order valence-electron chi connectivity index (χ3n) is 2.73. The van der Waals surface area contributed by atoms with E-state index in [0.717, 1.165) is 31.4 Å². The molecule has 1 fully saturated rings. The molecule has 4 heteroatoms. The van der Waals surface area contributed by atoms with E-state index in [9.17, 15) is 0 Å². The Hall–Kier alpha value is -1.16. The second-order valence-electron chi connectivity index (χ2n) is 4.18. The molecule has 2 rings (SSSR count). The van der Waals surface area contributed by atoms with Crippen molar-refractivity contribution in [3.63, 3.8) is 0 Å². The first-order valence-corrected chi connectivity index (χ1v) is 5.46. The molecule has 0 radical (unpaired) electrons. The summed E-state index contributed by atoms with van der Waals surface area (Å²) in [5.74, 6) is 0.611. The number of aromatic nitrogens is 2. The molecule has 0 saturated heterocycles. The van der Waals surface area contributed by atoms with E-state index in [1.54, 1.807) is 0 Å². The van der Waals surface area contributed by atoms with Crippen molar-refractivity contribution < 1.29 is 4.74 Å². The number of nitrogens with zero attached hydrogens (tertiary/aromatic N) is 2. The van der Waals surface area contributed by atoms with Gasteiger partial charge in [0.25, 0.3) is 0 Å². The minimum Gasteiger partial charge on any atom is -0.473 e. The minimum absolute atomic E-state index is 0.214. The lowest BCUT2D eigenvalue weighted by Crippen LogP contribution is -2.33. The Morgan fingerprint density at radius 3 is 2.87 bits per heavy atom. The third kappa shape index (κ3) is 2.89. The zero-order chi connectivity index (χ0) is 10.7. The number of rotatable bonds is 2. The molecule has 2 atom stereocenters. The van der Waals surface area contributed by atoms with Gasteiger partial charge in [-0.2, -0.15) is 5.10 Å². The third-order valence-corrected chi connectivity index (χ3v) is 2.73. The summed E-state index contributed by atoms with van der Waals surface area (Å²) in [5.41, 5.74) is 6.79. The van der Waals surface area contributed by atoms with E-state index in [2.05, 4.69) is 10.2 Å². The summed E-state index contributed by atoms with van der Waals surface area (Å²) in [6.45, 7) is 1.91. The highest BCUT2D eigenvalue weighted by Crippen LogP contribution is 2.21. The van der Waals surface area contributed by atoms with E-state index in [1.165, 1.54) is 0 Å². The van der Waals surface area contributed by atoms with Crippen molar-refractivity contribution in [3.05, 3.63) is 17.8 Å². The first-order chi connectivity index (χ1) is 7.24. The minimum atomic E-state index is 0.214. The molecular weight excluding hydrogens is 190 g/mol. The van der Waals surface area contributed by atoms with Crippen LogP contribution in [0, 0.1) is 6.92 Å². The molecule has 4 nitrogen and oxygen atoms in total. The van der Waals surface area contributed by atoms with Gasteiger partial charge in [0.2, 0.25) is 5.88 Å². The average molecular weight is 207 g/mol. The highest BCUT2D eigenvalue weighted by atomic mass is 16.5. The number of ether oxygens (including phenoxy) is 1. The molecule has 1 aliphatic carbocycles. The summed E-state index contributed by atoms with van der Waals surface area (Å²) in [6, 6.07) is 4.05. The zero-order valence-electron chi connectivity index (χ0n) is 9.02. The average Bonchev–Trinajstić information content (AvgIpc) is 2.22. The molecule has 15 heavy (non-hydrogen) atoms. The van der Waals surface area contributed by atoms with Gasteiger partial charge in [-0.25, -0.2) is 0 Å². The maximum atomic E-state index is 5.89. The molecule has 1 aliphatic rings. The number of nitrogens with two attached hydrogens (primary N) is 1. The quantitative estimate of drug-likeness (QED) is 0.797. The Labute approximate surface area is 89.8 Å². The second-order valence-corrected chi connectivity index (χ2v) is 4.18. The molecule has 0 aliphatic heterocycles. The van der Waals surface area contributed by atoms with Gasteiger partial charge < -0.3 is 10.5 Å². The largest absolute Gasteiger partial charge is 0.473 e. The summed E-state index contributed by atoms with van der Waals surface area (Å²) >= 11 is 0. The first kappa shape index (κ1) is 10.4. The Bertz CT molecular complexity index is 312. The number of aryl methyl sites for hydroxylation is 1. The van der Waals surface area contributed by atoms with Gasteiger partial charge in [0.05, 0.1) is 5.69 Å². The monoisotopic (exact) mass is 207 g/mol. The van der Waals surface area contributed by atoms with Crippen molar-refractivity contribution >= 4 is 0 Å². The van der Waals surface area contributed by atoms with Gasteiger partial charge in [0.1, 0.15) is 6.10 Å². The van der Waals surface area contributed by atoms with Crippen LogP contribution in [0.4, 0.5) is 0 Å². The van der Waals surface area contributed by atoms with Crippen molar-refractivity contribution in [3.8, 4) is 5.88 Å². The number of hydrogen-bond donors (Lipinski definition) is 1. The van der Waals surface area contributed by atoms with Crippen LogP contribution in [0.5, 0.6) is 5.88 Å². The summed E-state index contributed by atoms with van der Waals surface area (Å²) < 4.78 is 5.73. The molecule has 1 heterocycles. The number of hydrogen-bond acceptors (Lipinski definition) is 4. The van der Waals surface area contributed by atoms with E-state index in [0.29, 0.717) is 5.88 Å². The standard InChI is InChI=1S/C11H17N3O/c1-8-5-6-11(14-13-8)15-10-4-2-3-9(12)7-10/h5-6,9-10H,2-4,7,12H2,1H3. The van der Waals surface area contributed by atoms with Crippen LogP contribution < -0.4 is 10.5 Å². The smallest absolute Gasteiger partial charge is 0.233 e. The van der Waals surface area contributed by atoms with Gasteiger partial charge >= 0.3 is 0 Å². The maximum absolute atomic E-state index is 5.89. The SMILES string of the molecule is Cc1ccc(OC2CCCC(N)C2)nn1. The molecule has 2 unspecified atom stereocenters.